The molecule has 14 heteroatoms. The Morgan fingerprint density at radius 3 is 2.09 bits per heavy atom. The van der Waals surface area contributed by atoms with Crippen molar-refractivity contribution in [1.82, 2.24) is 19.6 Å². The topological polar surface area (TPSA) is 148 Å². The van der Waals surface area contributed by atoms with Crippen molar-refractivity contribution in [3.8, 4) is 5.75 Å². The zero-order valence-corrected chi connectivity index (χ0v) is 25.6. The maximum absolute atomic E-state index is 14.5. The summed E-state index contributed by atoms with van der Waals surface area (Å²) in [5.74, 6) is -1.66. The van der Waals surface area contributed by atoms with Gasteiger partial charge in [-0.2, -0.15) is 23.4 Å². The van der Waals surface area contributed by atoms with Crippen LogP contribution in [0, 0.1) is 12.7 Å². The van der Waals surface area contributed by atoms with E-state index in [9.17, 15) is 37.4 Å². The van der Waals surface area contributed by atoms with Crippen LogP contribution in [0.15, 0.2) is 64.4 Å². The summed E-state index contributed by atoms with van der Waals surface area (Å²) in [6.07, 6.45) is -2.94. The van der Waals surface area contributed by atoms with Gasteiger partial charge in [0.15, 0.2) is 17.2 Å². The van der Waals surface area contributed by atoms with Gasteiger partial charge in [-0.15, -0.1) is 0 Å². The highest BCUT2D eigenvalue weighted by Crippen LogP contribution is 2.57. The summed E-state index contributed by atoms with van der Waals surface area (Å²) in [6, 6.07) is 9.17. The Morgan fingerprint density at radius 2 is 1.50 bits per heavy atom. The van der Waals surface area contributed by atoms with Crippen molar-refractivity contribution in [3.63, 3.8) is 0 Å². The van der Waals surface area contributed by atoms with Gasteiger partial charge in [0.25, 0.3) is 11.1 Å². The number of benzene rings is 3. The third kappa shape index (κ3) is 5.21. The number of nitrogens with zero attached hydrogens (tertiary/aromatic N) is 4. The Kier molecular flexibility index (Phi) is 7.84. The first kappa shape index (κ1) is 32.4. The van der Waals surface area contributed by atoms with E-state index >= 15 is 0 Å². The van der Waals surface area contributed by atoms with E-state index < -0.39 is 46.8 Å². The van der Waals surface area contributed by atoms with Crippen LogP contribution in [0.2, 0.25) is 0 Å². The molecule has 46 heavy (non-hydrogen) atoms. The standard InChI is InChI=1S/C23H23F4N3O3.C9H9N3O/c1-11-8-13-16(18(31)17(11)24)21(2,3)10-22(33,23(25,26)27)19(13)29-15-7-5-6-12-14(15)9-28-30(4)20(12)32;1-12-9(13)6-3-2-4-8(10)7(6)5-11-12/h5-9,19,29,31,33H,10H2,1-4H3;2-5H,10H2,1H3. The van der Waals surface area contributed by atoms with Gasteiger partial charge in [-0.25, -0.2) is 13.8 Å². The number of nitrogens with one attached hydrogen (secondary N) is 1. The molecule has 0 aliphatic heterocycles. The van der Waals surface area contributed by atoms with Crippen LogP contribution in [-0.4, -0.2) is 41.6 Å². The minimum absolute atomic E-state index is 0.00806. The zero-order valence-electron chi connectivity index (χ0n) is 25.6. The van der Waals surface area contributed by atoms with Crippen LogP contribution < -0.4 is 22.2 Å². The quantitative estimate of drug-likeness (QED) is 0.160. The molecule has 10 nitrogen and oxygen atoms in total. The van der Waals surface area contributed by atoms with Gasteiger partial charge in [0, 0.05) is 41.8 Å². The van der Waals surface area contributed by atoms with Gasteiger partial charge in [0.2, 0.25) is 0 Å². The minimum Gasteiger partial charge on any atom is -0.505 e. The number of nitrogens with two attached hydrogens (primary N) is 1. The lowest BCUT2D eigenvalue weighted by molar-refractivity contribution is -0.276. The second kappa shape index (κ2) is 11.1. The first-order valence-electron chi connectivity index (χ1n) is 14.1. The third-order valence-corrected chi connectivity index (χ3v) is 8.43. The summed E-state index contributed by atoms with van der Waals surface area (Å²) in [7, 11) is 3.06. The number of rotatable bonds is 2. The molecule has 2 atom stereocenters. The van der Waals surface area contributed by atoms with Gasteiger partial charge < -0.3 is 21.3 Å². The second-order valence-corrected chi connectivity index (χ2v) is 12.1. The number of nitrogen functional groups attached to an aromatic ring is 1. The van der Waals surface area contributed by atoms with E-state index in [2.05, 4.69) is 15.5 Å². The molecule has 0 saturated carbocycles. The summed E-state index contributed by atoms with van der Waals surface area (Å²) >= 11 is 0. The molecule has 0 spiro atoms. The highest BCUT2D eigenvalue weighted by Gasteiger charge is 2.64. The lowest BCUT2D eigenvalue weighted by Crippen LogP contribution is -2.58. The number of aromatic hydroxyl groups is 1. The van der Waals surface area contributed by atoms with E-state index in [1.807, 2.05) is 0 Å². The van der Waals surface area contributed by atoms with Crippen LogP contribution in [0.3, 0.4) is 0 Å². The second-order valence-electron chi connectivity index (χ2n) is 12.1. The number of halogens is 4. The number of hydrogen-bond acceptors (Lipinski definition) is 8. The predicted octanol–water partition coefficient (Wildman–Crippen LogP) is 4.73. The normalized spacial score (nSPS) is 19.0. The van der Waals surface area contributed by atoms with E-state index in [-0.39, 0.29) is 38.7 Å². The molecule has 2 aromatic heterocycles. The number of phenolic OH excluding ortho intramolecular Hbond substituents is 1. The Balaban J connectivity index is 0.000000266. The Bertz CT molecular complexity index is 2130. The summed E-state index contributed by atoms with van der Waals surface area (Å²) in [4.78, 5) is 24.0. The molecule has 2 unspecified atom stereocenters. The molecule has 3 aromatic carbocycles. The summed E-state index contributed by atoms with van der Waals surface area (Å²) in [5.41, 5.74) is 1.05. The highest BCUT2D eigenvalue weighted by molar-refractivity contribution is 5.93. The van der Waals surface area contributed by atoms with Crippen LogP contribution in [-0.2, 0) is 19.5 Å². The smallest absolute Gasteiger partial charge is 0.419 e. The van der Waals surface area contributed by atoms with E-state index in [1.165, 1.54) is 63.0 Å². The molecule has 0 saturated heterocycles. The summed E-state index contributed by atoms with van der Waals surface area (Å²) < 4.78 is 59.9. The van der Waals surface area contributed by atoms with Crippen LogP contribution >= 0.6 is 0 Å². The van der Waals surface area contributed by atoms with Crippen molar-refractivity contribution in [1.29, 1.82) is 0 Å². The van der Waals surface area contributed by atoms with Crippen LogP contribution in [0.1, 0.15) is 43.0 Å². The number of aliphatic hydroxyl groups is 1. The van der Waals surface area contributed by atoms with E-state index in [0.29, 0.717) is 16.5 Å². The van der Waals surface area contributed by atoms with Gasteiger partial charge in [-0.3, -0.25) is 9.59 Å². The molecule has 1 aliphatic carbocycles. The number of aromatic nitrogens is 4. The SMILES string of the molecule is Cc1cc2c(c(O)c1F)C(C)(C)CC(O)(C(F)(F)F)C2Nc1cccc2c(=O)n(C)ncc12.Cn1ncc2c(N)cccc2c1=O. The largest absolute Gasteiger partial charge is 0.505 e. The molecular weight excluding hydrogens is 608 g/mol. The van der Waals surface area contributed by atoms with Crippen molar-refractivity contribution in [2.24, 2.45) is 14.1 Å². The monoisotopic (exact) mass is 640 g/mol. The first-order valence-corrected chi connectivity index (χ1v) is 14.1. The maximum Gasteiger partial charge on any atom is 0.419 e. The van der Waals surface area contributed by atoms with Crippen molar-refractivity contribution >= 4 is 32.9 Å². The predicted molar refractivity (Wildman–Crippen MR) is 166 cm³/mol. The van der Waals surface area contributed by atoms with E-state index in [1.54, 1.807) is 31.4 Å². The Morgan fingerprint density at radius 1 is 0.957 bits per heavy atom. The Hall–Kier alpha value is -4.98. The number of phenols is 1. The molecule has 242 valence electrons. The number of anilines is 2. The number of aryl methyl sites for hydroxylation is 3. The average molecular weight is 641 g/mol. The van der Waals surface area contributed by atoms with Gasteiger partial charge in [-0.1, -0.05) is 32.0 Å². The van der Waals surface area contributed by atoms with Crippen LogP contribution in [0.25, 0.3) is 21.5 Å². The number of alkyl halides is 3. The molecule has 0 amide bonds. The molecule has 0 fully saturated rings. The van der Waals surface area contributed by atoms with E-state index in [4.69, 9.17) is 5.73 Å². The molecule has 2 heterocycles. The molecule has 5 aromatic rings. The molecular formula is C32H32F4N6O4. The van der Waals surface area contributed by atoms with Crippen molar-refractivity contribution in [2.75, 3.05) is 11.1 Å². The van der Waals surface area contributed by atoms with Crippen molar-refractivity contribution in [3.05, 3.63) is 98.1 Å². The van der Waals surface area contributed by atoms with Crippen molar-refractivity contribution < 1.29 is 27.8 Å². The average Bonchev–Trinajstić information content (AvgIpc) is 2.97. The lowest BCUT2D eigenvalue weighted by atomic mass is 9.63. The van der Waals surface area contributed by atoms with Crippen molar-refractivity contribution in [2.45, 2.75) is 50.4 Å². The van der Waals surface area contributed by atoms with Gasteiger partial charge in [0.1, 0.15) is 0 Å². The fourth-order valence-corrected chi connectivity index (χ4v) is 6.15. The fraction of sp³-hybridized carbons (Fsp3) is 0.312. The third-order valence-electron chi connectivity index (χ3n) is 8.43. The summed E-state index contributed by atoms with van der Waals surface area (Å²) in [5, 5.41) is 34.0. The van der Waals surface area contributed by atoms with E-state index in [0.717, 1.165) is 4.68 Å². The summed E-state index contributed by atoms with van der Waals surface area (Å²) in [6.45, 7) is 4.16. The number of hydrogen-bond donors (Lipinski definition) is 4. The molecule has 5 N–H and O–H groups in total. The van der Waals surface area contributed by atoms with Gasteiger partial charge >= 0.3 is 6.18 Å². The van der Waals surface area contributed by atoms with Gasteiger partial charge in [-0.05, 0) is 54.2 Å². The van der Waals surface area contributed by atoms with Crippen LogP contribution in [0.5, 0.6) is 5.75 Å². The van der Waals surface area contributed by atoms with Crippen LogP contribution in [0.4, 0.5) is 28.9 Å². The lowest BCUT2D eigenvalue weighted by Gasteiger charge is -2.49. The highest BCUT2D eigenvalue weighted by atomic mass is 19.4. The molecule has 1 aliphatic rings. The maximum atomic E-state index is 14.5. The Labute approximate surface area is 259 Å². The first-order chi connectivity index (χ1) is 21.4. The van der Waals surface area contributed by atoms with Gasteiger partial charge in [0.05, 0.1) is 29.2 Å². The molecule has 0 radical (unpaired) electrons. The molecule has 6 rings (SSSR count). The zero-order chi connectivity index (χ0) is 33.9. The molecule has 0 bridgehead atoms. The minimum atomic E-state index is -5.06. The fourth-order valence-electron chi connectivity index (χ4n) is 6.15. The number of fused-ring (bicyclic) bond motifs is 3.